The van der Waals surface area contributed by atoms with E-state index in [0.717, 1.165) is 25.2 Å². The lowest BCUT2D eigenvalue weighted by Crippen LogP contribution is -2.32. The van der Waals surface area contributed by atoms with E-state index in [9.17, 15) is 5.11 Å². The molecular weight excluding hydrogens is 224 g/mol. The zero-order chi connectivity index (χ0) is 11.5. The van der Waals surface area contributed by atoms with Crippen molar-refractivity contribution in [3.05, 3.63) is 6.07 Å². The van der Waals surface area contributed by atoms with Gasteiger partial charge in [-0.2, -0.15) is 0 Å². The summed E-state index contributed by atoms with van der Waals surface area (Å²) in [5.41, 5.74) is 5.74. The van der Waals surface area contributed by atoms with E-state index in [1.807, 2.05) is 6.26 Å². The van der Waals surface area contributed by atoms with Gasteiger partial charge in [-0.05, 0) is 19.1 Å². The van der Waals surface area contributed by atoms with E-state index in [2.05, 4.69) is 14.9 Å². The van der Waals surface area contributed by atoms with Crippen LogP contribution in [0, 0.1) is 0 Å². The molecule has 0 spiro atoms. The smallest absolute Gasteiger partial charge is 0.191 e. The van der Waals surface area contributed by atoms with Crippen LogP contribution in [0.2, 0.25) is 0 Å². The molecule has 0 radical (unpaired) electrons. The molecule has 0 aliphatic carbocycles. The molecule has 1 aliphatic heterocycles. The first-order chi connectivity index (χ1) is 7.74. The van der Waals surface area contributed by atoms with Gasteiger partial charge in [-0.1, -0.05) is 11.8 Å². The average Bonchev–Trinajstić information content (AvgIpc) is 2.76. The van der Waals surface area contributed by atoms with Crippen LogP contribution in [0.1, 0.15) is 12.8 Å². The molecule has 2 rings (SSSR count). The molecule has 5 nitrogen and oxygen atoms in total. The molecule has 3 N–H and O–H groups in total. The highest BCUT2D eigenvalue weighted by atomic mass is 32.2. The number of nitrogens with zero attached hydrogens (tertiary/aromatic N) is 3. The van der Waals surface area contributed by atoms with Gasteiger partial charge in [0.2, 0.25) is 0 Å². The third-order valence-corrected chi connectivity index (χ3v) is 3.32. The molecule has 1 fully saturated rings. The molecule has 88 valence electrons. The number of nitrogens with two attached hydrogens (primary N) is 1. The van der Waals surface area contributed by atoms with Gasteiger partial charge in [-0.15, -0.1) is 0 Å². The Bertz CT molecular complexity index is 374. The topological polar surface area (TPSA) is 75.3 Å². The van der Waals surface area contributed by atoms with E-state index in [0.29, 0.717) is 11.0 Å². The van der Waals surface area contributed by atoms with Gasteiger partial charge in [-0.25, -0.2) is 9.97 Å². The summed E-state index contributed by atoms with van der Waals surface area (Å²) in [6.07, 6.45) is 4.02. The van der Waals surface area contributed by atoms with Gasteiger partial charge in [-0.3, -0.25) is 0 Å². The quantitative estimate of drug-likeness (QED) is 0.599. The highest BCUT2D eigenvalue weighted by molar-refractivity contribution is 7.98. The zero-order valence-electron chi connectivity index (χ0n) is 9.26. The Balaban J connectivity index is 2.28. The van der Waals surface area contributed by atoms with Crippen LogP contribution in [0.5, 0.6) is 0 Å². The lowest BCUT2D eigenvalue weighted by molar-refractivity contribution is 0.266. The van der Waals surface area contributed by atoms with Gasteiger partial charge in [0.05, 0.1) is 12.6 Å². The third kappa shape index (κ3) is 2.22. The first-order valence-corrected chi connectivity index (χ1v) is 6.53. The molecule has 0 bridgehead atoms. The van der Waals surface area contributed by atoms with Crippen molar-refractivity contribution in [1.29, 1.82) is 0 Å². The van der Waals surface area contributed by atoms with Gasteiger partial charge in [0.25, 0.3) is 0 Å². The molecule has 0 amide bonds. The molecule has 2 heterocycles. The molecule has 1 aromatic heterocycles. The van der Waals surface area contributed by atoms with Crippen molar-refractivity contribution in [1.82, 2.24) is 9.97 Å². The highest BCUT2D eigenvalue weighted by Gasteiger charge is 2.25. The van der Waals surface area contributed by atoms with Gasteiger partial charge in [0.1, 0.15) is 11.6 Å². The summed E-state index contributed by atoms with van der Waals surface area (Å²) in [6.45, 7) is 1.09. The second-order valence-corrected chi connectivity index (χ2v) is 4.58. The van der Waals surface area contributed by atoms with Crippen LogP contribution in [-0.2, 0) is 0 Å². The third-order valence-electron chi connectivity index (χ3n) is 2.78. The van der Waals surface area contributed by atoms with E-state index in [4.69, 9.17) is 5.73 Å². The molecule has 1 unspecified atom stereocenters. The number of hydrogen-bond acceptors (Lipinski definition) is 6. The molecule has 1 aliphatic rings. The summed E-state index contributed by atoms with van der Waals surface area (Å²) in [7, 11) is 0. The monoisotopic (exact) mass is 240 g/mol. The average molecular weight is 240 g/mol. The molecule has 1 aromatic rings. The normalized spacial score (nSPS) is 20.4. The second-order valence-electron chi connectivity index (χ2n) is 3.81. The van der Waals surface area contributed by atoms with Crippen molar-refractivity contribution in [3.63, 3.8) is 0 Å². The predicted octanol–water partition coefficient (Wildman–Crippen LogP) is 0.742. The van der Waals surface area contributed by atoms with Crippen molar-refractivity contribution in [2.75, 3.05) is 30.0 Å². The van der Waals surface area contributed by atoms with Crippen LogP contribution in [0.15, 0.2) is 11.2 Å². The van der Waals surface area contributed by atoms with Crippen LogP contribution in [0.3, 0.4) is 0 Å². The fourth-order valence-corrected chi connectivity index (χ4v) is 2.38. The molecule has 0 saturated carbocycles. The van der Waals surface area contributed by atoms with E-state index >= 15 is 0 Å². The lowest BCUT2D eigenvalue weighted by Gasteiger charge is -2.24. The molecule has 0 aromatic carbocycles. The highest BCUT2D eigenvalue weighted by Crippen LogP contribution is 2.26. The number of hydrogen-bond donors (Lipinski definition) is 2. The Hall–Kier alpha value is -1.01. The number of aliphatic hydroxyl groups excluding tert-OH is 1. The predicted molar refractivity (Wildman–Crippen MR) is 65.7 cm³/mol. The van der Waals surface area contributed by atoms with Crippen molar-refractivity contribution < 1.29 is 5.11 Å². The fraction of sp³-hybridized carbons (Fsp3) is 0.600. The Kier molecular flexibility index (Phi) is 3.50. The number of thioether (sulfide) groups is 1. The fourth-order valence-electron chi connectivity index (χ4n) is 2.00. The molecular formula is C10H16N4OS. The maximum absolute atomic E-state index is 9.27. The van der Waals surface area contributed by atoms with Crippen molar-refractivity contribution in [3.8, 4) is 0 Å². The Morgan fingerprint density at radius 2 is 2.44 bits per heavy atom. The van der Waals surface area contributed by atoms with Crippen LogP contribution >= 0.6 is 11.8 Å². The van der Waals surface area contributed by atoms with Gasteiger partial charge in [0, 0.05) is 12.6 Å². The van der Waals surface area contributed by atoms with Gasteiger partial charge < -0.3 is 15.7 Å². The van der Waals surface area contributed by atoms with E-state index < -0.39 is 0 Å². The first kappa shape index (κ1) is 11.5. The summed E-state index contributed by atoms with van der Waals surface area (Å²) in [5, 5.41) is 9.95. The zero-order valence-corrected chi connectivity index (χ0v) is 10.1. The number of anilines is 2. The minimum absolute atomic E-state index is 0.165. The Morgan fingerprint density at radius 3 is 3.12 bits per heavy atom. The number of aliphatic hydroxyl groups is 1. The van der Waals surface area contributed by atoms with Crippen molar-refractivity contribution in [2.24, 2.45) is 0 Å². The summed E-state index contributed by atoms with van der Waals surface area (Å²) < 4.78 is 0. The molecule has 6 heteroatoms. The van der Waals surface area contributed by atoms with E-state index in [-0.39, 0.29) is 12.6 Å². The minimum Gasteiger partial charge on any atom is -0.394 e. The van der Waals surface area contributed by atoms with Crippen molar-refractivity contribution in [2.45, 2.75) is 24.0 Å². The van der Waals surface area contributed by atoms with Crippen LogP contribution in [-0.4, -0.2) is 40.5 Å². The van der Waals surface area contributed by atoms with Crippen LogP contribution in [0.4, 0.5) is 11.6 Å². The minimum atomic E-state index is 0.165. The molecule has 1 atom stereocenters. The largest absolute Gasteiger partial charge is 0.394 e. The maximum Gasteiger partial charge on any atom is 0.191 e. The summed E-state index contributed by atoms with van der Waals surface area (Å²) in [5.74, 6) is 1.31. The van der Waals surface area contributed by atoms with E-state index in [1.165, 1.54) is 11.8 Å². The number of rotatable bonds is 3. The van der Waals surface area contributed by atoms with Crippen molar-refractivity contribution >= 4 is 23.4 Å². The first-order valence-electron chi connectivity index (χ1n) is 5.30. The number of nitrogen functional groups attached to an aromatic ring is 1. The maximum atomic E-state index is 9.27. The Morgan fingerprint density at radius 1 is 1.62 bits per heavy atom. The SMILES string of the molecule is CSc1nc(N)cc(N2CCCC2CO)n1. The molecule has 1 saturated heterocycles. The lowest BCUT2D eigenvalue weighted by atomic mass is 10.2. The van der Waals surface area contributed by atoms with Crippen LogP contribution < -0.4 is 10.6 Å². The molecule has 16 heavy (non-hydrogen) atoms. The summed E-state index contributed by atoms with van der Waals surface area (Å²) in [4.78, 5) is 10.6. The Labute approximate surface area is 99.1 Å². The summed E-state index contributed by atoms with van der Waals surface area (Å²) >= 11 is 1.47. The second kappa shape index (κ2) is 4.88. The van der Waals surface area contributed by atoms with Gasteiger partial charge >= 0.3 is 0 Å². The number of aromatic nitrogens is 2. The standard InChI is InChI=1S/C10H16N4OS/c1-16-10-12-8(11)5-9(13-10)14-4-2-3-7(14)6-15/h5,7,15H,2-4,6H2,1H3,(H2,11,12,13). The van der Waals surface area contributed by atoms with E-state index in [1.54, 1.807) is 6.07 Å². The summed E-state index contributed by atoms with van der Waals surface area (Å²) in [6, 6.07) is 1.94. The van der Waals surface area contributed by atoms with Gasteiger partial charge in [0.15, 0.2) is 5.16 Å². The van der Waals surface area contributed by atoms with Crippen LogP contribution in [0.25, 0.3) is 0 Å².